The number of rotatable bonds is 6. The van der Waals surface area contributed by atoms with Crippen LogP contribution in [0, 0.1) is 5.82 Å². The lowest BCUT2D eigenvalue weighted by Crippen LogP contribution is -2.24. The van der Waals surface area contributed by atoms with Crippen LogP contribution in [0.25, 0.3) is 0 Å². The Balaban J connectivity index is 1.32. The van der Waals surface area contributed by atoms with Crippen LogP contribution in [0.1, 0.15) is 45.8 Å². The number of anilines is 1. The Morgan fingerprint density at radius 1 is 0.967 bits per heavy atom. The van der Waals surface area contributed by atoms with Crippen LogP contribution in [0.15, 0.2) is 72.8 Å². The Morgan fingerprint density at radius 3 is 2.67 bits per heavy atom. The highest BCUT2D eigenvalue weighted by atomic mass is 19.1. The first-order valence-electron chi connectivity index (χ1n) is 10.1. The quantitative estimate of drug-likeness (QED) is 0.621. The lowest BCUT2D eigenvalue weighted by Gasteiger charge is -2.12. The van der Waals surface area contributed by atoms with Gasteiger partial charge in [-0.15, -0.1) is 0 Å². The summed E-state index contributed by atoms with van der Waals surface area (Å²) in [6.07, 6.45) is 2.52. The van der Waals surface area contributed by atoms with Crippen molar-refractivity contribution in [2.45, 2.75) is 31.7 Å². The first-order valence-corrected chi connectivity index (χ1v) is 10.1. The van der Waals surface area contributed by atoms with Gasteiger partial charge in [-0.1, -0.05) is 42.5 Å². The summed E-state index contributed by atoms with van der Waals surface area (Å²) < 4.78 is 13.3. The van der Waals surface area contributed by atoms with Gasteiger partial charge in [0.1, 0.15) is 5.82 Å². The van der Waals surface area contributed by atoms with E-state index in [1.165, 1.54) is 29.3 Å². The summed E-state index contributed by atoms with van der Waals surface area (Å²) in [5, 5.41) is 5.74. The second-order valence-corrected chi connectivity index (χ2v) is 7.58. The molecule has 30 heavy (non-hydrogen) atoms. The second kappa shape index (κ2) is 8.91. The number of amides is 2. The highest BCUT2D eigenvalue weighted by Crippen LogP contribution is 2.35. The molecule has 2 amide bonds. The number of carbonyl (C=O) groups is 2. The van der Waals surface area contributed by atoms with Crippen molar-refractivity contribution in [2.75, 3.05) is 5.32 Å². The number of hydrogen-bond acceptors (Lipinski definition) is 2. The van der Waals surface area contributed by atoms with Gasteiger partial charge in [-0.05, 0) is 65.8 Å². The SMILES string of the molecule is O=C(CC1CCc2ccccc21)NCc1cccc(NC(=O)c2cccc(F)c2)c1. The van der Waals surface area contributed by atoms with E-state index in [1.54, 1.807) is 12.1 Å². The van der Waals surface area contributed by atoms with Crippen molar-refractivity contribution >= 4 is 17.5 Å². The maximum absolute atomic E-state index is 13.3. The van der Waals surface area contributed by atoms with Gasteiger partial charge in [-0.25, -0.2) is 4.39 Å². The van der Waals surface area contributed by atoms with Crippen LogP contribution in [0.3, 0.4) is 0 Å². The average molecular weight is 402 g/mol. The van der Waals surface area contributed by atoms with Crippen molar-refractivity contribution in [1.82, 2.24) is 5.32 Å². The Kier molecular flexibility index (Phi) is 5.89. The zero-order valence-corrected chi connectivity index (χ0v) is 16.5. The van der Waals surface area contributed by atoms with Crippen molar-refractivity contribution in [3.63, 3.8) is 0 Å². The first kappa shape index (κ1) is 19.8. The van der Waals surface area contributed by atoms with Crippen molar-refractivity contribution in [3.8, 4) is 0 Å². The zero-order chi connectivity index (χ0) is 20.9. The van der Waals surface area contributed by atoms with Gasteiger partial charge in [-0.2, -0.15) is 0 Å². The van der Waals surface area contributed by atoms with Crippen molar-refractivity contribution in [2.24, 2.45) is 0 Å². The molecule has 0 radical (unpaired) electrons. The van der Waals surface area contributed by atoms with E-state index in [4.69, 9.17) is 0 Å². The smallest absolute Gasteiger partial charge is 0.255 e. The third-order valence-corrected chi connectivity index (χ3v) is 5.45. The number of carbonyl (C=O) groups excluding carboxylic acids is 2. The molecule has 1 aliphatic rings. The van der Waals surface area contributed by atoms with E-state index < -0.39 is 5.82 Å². The molecule has 1 unspecified atom stereocenters. The molecule has 2 N–H and O–H groups in total. The Hall–Kier alpha value is -3.47. The molecule has 4 nitrogen and oxygen atoms in total. The summed E-state index contributed by atoms with van der Waals surface area (Å²) in [6, 6.07) is 21.1. The van der Waals surface area contributed by atoms with Crippen LogP contribution in [0.5, 0.6) is 0 Å². The van der Waals surface area contributed by atoms with Crippen LogP contribution in [-0.4, -0.2) is 11.8 Å². The predicted octanol–water partition coefficient (Wildman–Crippen LogP) is 4.81. The maximum Gasteiger partial charge on any atom is 0.255 e. The van der Waals surface area contributed by atoms with Crippen molar-refractivity contribution in [1.29, 1.82) is 0 Å². The Morgan fingerprint density at radius 2 is 1.80 bits per heavy atom. The molecule has 0 bridgehead atoms. The third-order valence-electron chi connectivity index (χ3n) is 5.45. The topological polar surface area (TPSA) is 58.2 Å². The van der Waals surface area contributed by atoms with Crippen LogP contribution < -0.4 is 10.6 Å². The lowest BCUT2D eigenvalue weighted by molar-refractivity contribution is -0.121. The van der Waals surface area contributed by atoms with Crippen LogP contribution in [-0.2, 0) is 17.8 Å². The van der Waals surface area contributed by atoms with Gasteiger partial charge < -0.3 is 10.6 Å². The predicted molar refractivity (Wildman–Crippen MR) is 115 cm³/mol. The molecular weight excluding hydrogens is 379 g/mol. The third kappa shape index (κ3) is 4.74. The summed E-state index contributed by atoms with van der Waals surface area (Å²) >= 11 is 0. The molecule has 0 aliphatic heterocycles. The summed E-state index contributed by atoms with van der Waals surface area (Å²) in [4.78, 5) is 24.7. The van der Waals surface area contributed by atoms with Gasteiger partial charge in [0.15, 0.2) is 0 Å². The van der Waals surface area contributed by atoms with Crippen LogP contribution in [0.4, 0.5) is 10.1 Å². The molecule has 4 rings (SSSR count). The normalized spacial score (nSPS) is 14.8. The molecule has 1 atom stereocenters. The minimum absolute atomic E-state index is 0.0194. The fraction of sp³-hybridized carbons (Fsp3) is 0.200. The number of benzene rings is 3. The minimum atomic E-state index is -0.455. The zero-order valence-electron chi connectivity index (χ0n) is 16.5. The number of aryl methyl sites for hydroxylation is 1. The molecule has 0 aromatic heterocycles. The van der Waals surface area contributed by atoms with Gasteiger partial charge >= 0.3 is 0 Å². The van der Waals surface area contributed by atoms with Gasteiger partial charge in [-0.3, -0.25) is 9.59 Å². The highest BCUT2D eigenvalue weighted by Gasteiger charge is 2.24. The second-order valence-electron chi connectivity index (χ2n) is 7.58. The van der Waals surface area contributed by atoms with Crippen LogP contribution in [0.2, 0.25) is 0 Å². The van der Waals surface area contributed by atoms with E-state index in [1.807, 2.05) is 30.3 Å². The molecular formula is C25H23FN2O2. The van der Waals surface area contributed by atoms with E-state index in [0.717, 1.165) is 18.4 Å². The molecule has 1 aliphatic carbocycles. The molecule has 0 saturated carbocycles. The van der Waals surface area contributed by atoms with Gasteiger partial charge in [0.05, 0.1) is 0 Å². The van der Waals surface area contributed by atoms with E-state index in [9.17, 15) is 14.0 Å². The van der Waals surface area contributed by atoms with E-state index in [-0.39, 0.29) is 23.3 Å². The number of halogens is 1. The summed E-state index contributed by atoms with van der Waals surface area (Å²) in [7, 11) is 0. The fourth-order valence-electron chi connectivity index (χ4n) is 3.95. The van der Waals surface area contributed by atoms with Gasteiger partial charge in [0, 0.05) is 24.2 Å². The summed E-state index contributed by atoms with van der Waals surface area (Å²) in [5.74, 6) is -0.538. The van der Waals surface area contributed by atoms with Crippen molar-refractivity contribution < 1.29 is 14.0 Å². The summed E-state index contributed by atoms with van der Waals surface area (Å²) in [6.45, 7) is 0.386. The largest absolute Gasteiger partial charge is 0.352 e. The monoisotopic (exact) mass is 402 g/mol. The van der Waals surface area contributed by atoms with Crippen molar-refractivity contribution in [3.05, 3.63) is 101 Å². The Labute approximate surface area is 175 Å². The fourth-order valence-corrected chi connectivity index (χ4v) is 3.95. The lowest BCUT2D eigenvalue weighted by atomic mass is 9.97. The molecule has 0 spiro atoms. The number of hydrogen-bond donors (Lipinski definition) is 2. The van der Waals surface area contributed by atoms with Crippen LogP contribution >= 0.6 is 0 Å². The first-order chi connectivity index (χ1) is 14.6. The standard InChI is InChI=1S/C25H23FN2O2/c26-21-8-4-7-20(14-21)25(30)28-22-9-3-5-17(13-22)16-27-24(29)15-19-12-11-18-6-1-2-10-23(18)19/h1-10,13-14,19H,11-12,15-16H2,(H,27,29)(H,28,30). The minimum Gasteiger partial charge on any atom is -0.352 e. The number of nitrogens with one attached hydrogen (secondary N) is 2. The molecule has 3 aromatic carbocycles. The van der Waals surface area contributed by atoms with Gasteiger partial charge in [0.25, 0.3) is 5.91 Å². The summed E-state index contributed by atoms with van der Waals surface area (Å²) in [5.41, 5.74) is 4.37. The number of fused-ring (bicyclic) bond motifs is 1. The molecule has 0 heterocycles. The van der Waals surface area contributed by atoms with E-state index >= 15 is 0 Å². The molecule has 5 heteroatoms. The molecule has 152 valence electrons. The maximum atomic E-state index is 13.3. The molecule has 0 saturated heterocycles. The molecule has 0 fully saturated rings. The Bertz CT molecular complexity index is 1080. The van der Waals surface area contributed by atoms with Gasteiger partial charge in [0.2, 0.25) is 5.91 Å². The van der Waals surface area contributed by atoms with E-state index in [0.29, 0.717) is 18.7 Å². The molecule has 3 aromatic rings. The average Bonchev–Trinajstić information content (AvgIpc) is 3.15. The van der Waals surface area contributed by atoms with E-state index in [2.05, 4.69) is 22.8 Å². The highest BCUT2D eigenvalue weighted by molar-refractivity contribution is 6.04.